The van der Waals surface area contributed by atoms with Crippen molar-refractivity contribution in [3.05, 3.63) is 138 Å². The van der Waals surface area contributed by atoms with E-state index in [-0.39, 0.29) is 6.61 Å². The monoisotopic (exact) mass is 926 g/mol. The number of aliphatic hydroxyl groups is 1. The topological polar surface area (TPSA) is 74.3 Å². The summed E-state index contributed by atoms with van der Waals surface area (Å²) in [5.41, 5.74) is 7.18. The van der Waals surface area contributed by atoms with Crippen LogP contribution in [-0.4, -0.2) is 63.0 Å². The van der Waals surface area contributed by atoms with E-state index >= 15 is 0 Å². The summed E-state index contributed by atoms with van der Waals surface area (Å²) in [4.78, 5) is 0. The van der Waals surface area contributed by atoms with E-state index in [4.69, 9.17) is 9.47 Å². The second-order valence-corrected chi connectivity index (χ2v) is 28.8. The number of ether oxygens (including phenoxy) is 2. The molecule has 0 saturated heterocycles. The molecule has 282 valence electrons. The smallest absolute Gasteiger partial charge is 0.0738 e. The van der Waals surface area contributed by atoms with Crippen molar-refractivity contribution in [3.8, 4) is 0 Å². The van der Waals surface area contributed by atoms with E-state index in [1.807, 2.05) is 16.9 Å². The summed E-state index contributed by atoms with van der Waals surface area (Å²) in [6.07, 6.45) is 5.49. The Hall–Kier alpha value is -2.69. The van der Waals surface area contributed by atoms with Crippen LogP contribution in [0.5, 0.6) is 0 Å². The summed E-state index contributed by atoms with van der Waals surface area (Å²) < 4.78 is 12.3. The van der Waals surface area contributed by atoms with Crippen molar-refractivity contribution in [1.82, 2.24) is 19.6 Å². The number of halogens is 3. The molecular weight excluding hydrogens is 879 g/mol. The summed E-state index contributed by atoms with van der Waals surface area (Å²) in [5, 5.41) is 22.7. The molecule has 0 atom stereocenters. The van der Waals surface area contributed by atoms with Gasteiger partial charge in [-0.1, -0.05) is 15.9 Å². The third kappa shape index (κ3) is 9.58. The van der Waals surface area contributed by atoms with Gasteiger partial charge in [0.15, 0.2) is 0 Å². The molecule has 53 heavy (non-hydrogen) atoms. The van der Waals surface area contributed by atoms with Crippen molar-refractivity contribution in [2.75, 3.05) is 38.4 Å². The first-order valence-corrected chi connectivity index (χ1v) is 25.4. The van der Waals surface area contributed by atoms with Crippen LogP contribution in [0.4, 0.5) is 0 Å². The summed E-state index contributed by atoms with van der Waals surface area (Å²) in [7, 11) is 0. The molecule has 2 aliphatic rings. The third-order valence-corrected chi connectivity index (χ3v) is 21.0. The molecule has 2 aromatic heterocycles. The minimum atomic E-state index is -2.75. The second-order valence-electron chi connectivity index (χ2n) is 13.5. The first kappa shape index (κ1) is 41.5. The fourth-order valence-electron chi connectivity index (χ4n) is 6.52. The van der Waals surface area contributed by atoms with Gasteiger partial charge < -0.3 is 14.6 Å². The molecular formula is C42H50Br3N4O3P. The SMILES string of the molecule is BrP(Br)(c1ccccc1)(c1ccccc1)c1ccccc1.CC(C)n1nccc1C1=C(CBr)CCOC1.CC(C)n1nccc1C1=C(CO)CCOC1. The van der Waals surface area contributed by atoms with Crippen LogP contribution in [0.1, 0.15) is 64.0 Å². The molecule has 0 unspecified atom stereocenters. The van der Waals surface area contributed by atoms with Crippen LogP contribution >= 0.6 is 50.9 Å². The van der Waals surface area contributed by atoms with Gasteiger partial charge in [0.25, 0.3) is 0 Å². The number of alkyl halides is 1. The van der Waals surface area contributed by atoms with Gasteiger partial charge in [-0.15, -0.1) is 0 Å². The van der Waals surface area contributed by atoms with Crippen LogP contribution in [0, 0.1) is 0 Å². The summed E-state index contributed by atoms with van der Waals surface area (Å²) >= 11 is 11.9. The third-order valence-electron chi connectivity index (χ3n) is 9.36. The van der Waals surface area contributed by atoms with E-state index in [9.17, 15) is 5.11 Å². The van der Waals surface area contributed by atoms with E-state index in [1.165, 1.54) is 32.8 Å². The Kier molecular flexibility index (Phi) is 15.1. The maximum Gasteiger partial charge on any atom is 0.0738 e. The van der Waals surface area contributed by atoms with Crippen LogP contribution in [0.15, 0.2) is 127 Å². The molecule has 2 aliphatic heterocycles. The maximum absolute atomic E-state index is 9.35. The Labute approximate surface area is 339 Å². The van der Waals surface area contributed by atoms with E-state index in [0.717, 1.165) is 41.6 Å². The second kappa shape index (κ2) is 19.3. The number of aliphatic hydroxyl groups excluding tert-OH is 1. The van der Waals surface area contributed by atoms with Crippen LogP contribution in [0.2, 0.25) is 0 Å². The predicted octanol–water partition coefficient (Wildman–Crippen LogP) is 9.80. The predicted molar refractivity (Wildman–Crippen MR) is 234 cm³/mol. The largest absolute Gasteiger partial charge is 0.392 e. The summed E-state index contributed by atoms with van der Waals surface area (Å²) in [5.74, 6) is 0. The van der Waals surface area contributed by atoms with Gasteiger partial charge in [0.05, 0.1) is 44.4 Å². The Morgan fingerprint density at radius 2 is 1.00 bits per heavy atom. The summed E-state index contributed by atoms with van der Waals surface area (Å²) in [6.45, 7) is 11.4. The van der Waals surface area contributed by atoms with Gasteiger partial charge in [-0.05, 0) is 63.8 Å². The number of hydrogen-bond acceptors (Lipinski definition) is 5. The van der Waals surface area contributed by atoms with Crippen molar-refractivity contribution in [1.29, 1.82) is 0 Å². The van der Waals surface area contributed by atoms with Gasteiger partial charge in [0.1, 0.15) is 0 Å². The zero-order valence-corrected chi connectivity index (χ0v) is 36.6. The number of hydrogen-bond donors (Lipinski definition) is 1. The molecule has 11 heteroatoms. The zero-order chi connectivity index (χ0) is 37.9. The quantitative estimate of drug-likeness (QED) is 0.118. The molecule has 0 radical (unpaired) electrons. The molecule has 0 spiro atoms. The number of rotatable bonds is 9. The average molecular weight is 930 g/mol. The van der Waals surface area contributed by atoms with Gasteiger partial charge in [0.2, 0.25) is 0 Å². The zero-order valence-electron chi connectivity index (χ0n) is 30.9. The normalized spacial score (nSPS) is 15.7. The average Bonchev–Trinajstić information content (AvgIpc) is 3.91. The Morgan fingerprint density at radius 1 is 0.623 bits per heavy atom. The first-order valence-electron chi connectivity index (χ1n) is 18.0. The Morgan fingerprint density at radius 3 is 1.36 bits per heavy atom. The standard InChI is InChI=1S/C18H15Br2P.C12H17BrN2O.C12H18N2O2/c19-21(20,16-10-4-1-5-11-16,17-12-6-2-7-13-17)18-14-8-3-9-15-18;1-9(2)15-12(3-5-14-15)11-8-16-6-4-10(11)7-13;1-9(2)14-12(3-5-13-14)11-8-16-6-4-10(11)7-15/h1-15H;3,5,9H,4,6-8H2,1-2H3;3,5,9,15H,4,6-8H2,1-2H3. The number of aromatic nitrogens is 4. The fourth-order valence-corrected chi connectivity index (χ4v) is 14.4. The van der Waals surface area contributed by atoms with Crippen molar-refractivity contribution >= 4 is 78.0 Å². The van der Waals surface area contributed by atoms with Crippen molar-refractivity contribution in [2.45, 2.75) is 52.6 Å². The van der Waals surface area contributed by atoms with Crippen LogP contribution in [0.25, 0.3) is 11.1 Å². The molecule has 1 N–H and O–H groups in total. The molecule has 0 aliphatic carbocycles. The number of benzene rings is 3. The van der Waals surface area contributed by atoms with Gasteiger partial charge >= 0.3 is 142 Å². The molecule has 0 fully saturated rings. The van der Waals surface area contributed by atoms with Crippen molar-refractivity contribution in [3.63, 3.8) is 0 Å². The van der Waals surface area contributed by atoms with Crippen LogP contribution in [0.3, 0.4) is 0 Å². The van der Waals surface area contributed by atoms with Crippen LogP contribution < -0.4 is 15.9 Å². The van der Waals surface area contributed by atoms with Gasteiger partial charge in [-0.3, -0.25) is 9.36 Å². The summed E-state index contributed by atoms with van der Waals surface area (Å²) in [6, 6.07) is 36.5. The Balaban J connectivity index is 0.000000156. The van der Waals surface area contributed by atoms with E-state index in [2.05, 4.69) is 187 Å². The Bertz CT molecular complexity index is 1780. The maximum atomic E-state index is 9.35. The fraction of sp³-hybridized carbons (Fsp3) is 0.333. The van der Waals surface area contributed by atoms with Crippen molar-refractivity contribution < 1.29 is 14.6 Å². The van der Waals surface area contributed by atoms with E-state index in [0.29, 0.717) is 31.9 Å². The molecule has 3 aromatic carbocycles. The van der Waals surface area contributed by atoms with Crippen LogP contribution in [-0.2, 0) is 9.47 Å². The molecule has 7 nitrogen and oxygen atoms in total. The van der Waals surface area contributed by atoms with Gasteiger partial charge in [0, 0.05) is 41.0 Å². The van der Waals surface area contributed by atoms with Crippen molar-refractivity contribution in [2.24, 2.45) is 0 Å². The molecule has 7 rings (SSSR count). The molecule has 0 bridgehead atoms. The molecule has 5 aromatic rings. The van der Waals surface area contributed by atoms with E-state index in [1.54, 1.807) is 6.20 Å². The molecule has 0 amide bonds. The minimum absolute atomic E-state index is 0.113. The number of nitrogens with zero attached hydrogens (tertiary/aromatic N) is 4. The van der Waals surface area contributed by atoms with Gasteiger partial charge in [-0.25, -0.2) is 0 Å². The molecule has 0 saturated carbocycles. The van der Waals surface area contributed by atoms with E-state index < -0.39 is 4.01 Å². The first-order chi connectivity index (χ1) is 25.6. The minimum Gasteiger partial charge on any atom is -0.392 e. The molecule has 4 heterocycles. The van der Waals surface area contributed by atoms with Gasteiger partial charge in [-0.2, -0.15) is 10.2 Å².